The third-order valence-corrected chi connectivity index (χ3v) is 21.9. The van der Waals surface area contributed by atoms with Gasteiger partial charge in [-0.15, -0.1) is 0 Å². The Morgan fingerprint density at radius 2 is 1.44 bits per heavy atom. The molecule has 5 aromatic carbocycles. The summed E-state index contributed by atoms with van der Waals surface area (Å²) in [5.41, 5.74) is 9.06. The number of rotatable bonds is 25. The van der Waals surface area contributed by atoms with E-state index in [1.54, 1.807) is 45.0 Å². The Hall–Kier alpha value is -7.07. The molecule has 0 aliphatic carbocycles. The molecule has 7 atom stereocenters. The first-order chi connectivity index (χ1) is 41.2. The molecule has 464 valence electrons. The fraction of sp³-hybridized carbons (Fsp3) is 0.455. The molecule has 0 fully saturated rings. The number of methoxy groups -OCH3 is 1. The Balaban J connectivity index is 0.899. The number of amides is 4. The van der Waals surface area contributed by atoms with E-state index in [1.807, 2.05) is 106 Å². The molecule has 18 nitrogen and oxygen atoms in total. The fourth-order valence-corrected chi connectivity index (χ4v) is 15.8. The summed E-state index contributed by atoms with van der Waals surface area (Å²) in [6.07, 6.45) is 1.77. The molecule has 21 heteroatoms. The van der Waals surface area contributed by atoms with Crippen LogP contribution in [0.5, 0.6) is 17.2 Å². The van der Waals surface area contributed by atoms with Crippen LogP contribution in [0, 0.1) is 18.8 Å². The summed E-state index contributed by atoms with van der Waals surface area (Å²) in [6, 6.07) is 27.7. The average molecular weight is 1250 g/mol. The van der Waals surface area contributed by atoms with Gasteiger partial charge >= 0.3 is 0 Å². The van der Waals surface area contributed by atoms with Crippen molar-refractivity contribution >= 4 is 95.3 Å². The first-order valence-corrected chi connectivity index (χ1v) is 33.5. The van der Waals surface area contributed by atoms with Gasteiger partial charge < -0.3 is 44.9 Å². The second-order valence-electron chi connectivity index (χ2n) is 24.5. The van der Waals surface area contributed by atoms with Gasteiger partial charge in [0.25, 0.3) is 21.9 Å². The number of nitrogens with one attached hydrogen (secondary N) is 3. The molecular formula is C66H80N6O12S3. The van der Waals surface area contributed by atoms with Crippen LogP contribution in [-0.4, -0.2) is 108 Å². The number of para-hydroxylation sites is 2. The molecule has 0 bridgehead atoms. The predicted molar refractivity (Wildman–Crippen MR) is 345 cm³/mol. The van der Waals surface area contributed by atoms with Crippen LogP contribution in [0.25, 0.3) is 0 Å². The minimum absolute atomic E-state index is 0.0133. The molecule has 3 unspecified atom stereocenters. The van der Waals surface area contributed by atoms with Crippen molar-refractivity contribution in [3.8, 4) is 17.2 Å². The number of Topliss-reactive ketones (excluding diaryl/α,β-unsaturated/α-hetero) is 2. The Labute approximate surface area is 518 Å². The van der Waals surface area contributed by atoms with E-state index in [1.165, 1.54) is 28.7 Å². The molecule has 0 aromatic heterocycles. The van der Waals surface area contributed by atoms with Gasteiger partial charge in [0, 0.05) is 84.0 Å². The average Bonchev–Trinajstić information content (AvgIpc) is 1.77. The standard InChI is InChI=1S/C66H80N6O12S3/c1-12-55(73)60(87(79,80)81)25-40(6)85-86-66(8,9)22-21-61(75)69-62(37(2)3)56(74)24-39(5)63(76)68-46-27-42(35-83-57-33-54-49(23-38(57)4)65(78)71-47(34-70(54)10)29-44-17-13-15-19-51(44)71)26-43(28-46)36-84-59-32-50-48(31-58(59)82-11)64(77)72-52-20-16-14-18-45(52)30-53(72)41(7)67-50/h13-20,23,26-28,31-33,37,39-41,47,53,60,62,67H,12,21-22,24-25,29-30,34-36H2,1-11H3,(H,68,76)(H,69,75)(H,79,80,81)/t39-,40?,41?,47+,53+,60?,62+/m1/s1. The third-order valence-electron chi connectivity index (χ3n) is 16.8. The Bertz CT molecular complexity index is 3590. The molecule has 5 aromatic rings. The lowest BCUT2D eigenvalue weighted by Gasteiger charge is -2.27. The van der Waals surface area contributed by atoms with E-state index < -0.39 is 43.8 Å². The van der Waals surface area contributed by atoms with Crippen LogP contribution in [-0.2, 0) is 55.4 Å². The molecule has 4 aliphatic rings. The van der Waals surface area contributed by atoms with Crippen LogP contribution in [0.15, 0.2) is 91.0 Å². The van der Waals surface area contributed by atoms with Crippen molar-refractivity contribution in [1.29, 1.82) is 0 Å². The summed E-state index contributed by atoms with van der Waals surface area (Å²) in [6.45, 7) is 17.2. The topological polar surface area (TPSA) is 230 Å². The number of nitrogens with zero attached hydrogens (tertiary/aromatic N) is 3. The zero-order valence-electron chi connectivity index (χ0n) is 51.4. The highest BCUT2D eigenvalue weighted by Gasteiger charge is 2.42. The van der Waals surface area contributed by atoms with E-state index in [9.17, 15) is 41.7 Å². The van der Waals surface area contributed by atoms with Crippen molar-refractivity contribution in [2.75, 3.05) is 46.0 Å². The largest absolute Gasteiger partial charge is 0.493 e. The minimum atomic E-state index is -4.55. The van der Waals surface area contributed by atoms with Gasteiger partial charge in [0.05, 0.1) is 47.7 Å². The van der Waals surface area contributed by atoms with Crippen LogP contribution in [0.3, 0.4) is 0 Å². The summed E-state index contributed by atoms with van der Waals surface area (Å²) >= 11 is 0. The van der Waals surface area contributed by atoms with Gasteiger partial charge in [0.15, 0.2) is 23.1 Å². The number of hydrogen-bond acceptors (Lipinski definition) is 15. The van der Waals surface area contributed by atoms with Gasteiger partial charge in [-0.05, 0) is 130 Å². The van der Waals surface area contributed by atoms with Crippen LogP contribution < -0.4 is 44.9 Å². The number of carbonyl (C=O) groups excluding carboxylic acids is 6. The maximum atomic E-state index is 14.4. The van der Waals surface area contributed by atoms with Crippen molar-refractivity contribution in [2.24, 2.45) is 11.8 Å². The summed E-state index contributed by atoms with van der Waals surface area (Å²) in [5, 5.41) is 7.75. The zero-order chi connectivity index (χ0) is 62.8. The van der Waals surface area contributed by atoms with Crippen molar-refractivity contribution < 1.29 is 55.9 Å². The second-order valence-corrected chi connectivity index (χ2v) is 29.5. The van der Waals surface area contributed by atoms with Crippen LogP contribution in [0.1, 0.15) is 136 Å². The molecule has 0 radical (unpaired) electrons. The second kappa shape index (κ2) is 26.7. The first-order valence-electron chi connectivity index (χ1n) is 29.8. The highest BCUT2D eigenvalue weighted by atomic mass is 33.1. The van der Waals surface area contributed by atoms with Crippen molar-refractivity contribution in [2.45, 2.75) is 160 Å². The van der Waals surface area contributed by atoms with E-state index >= 15 is 0 Å². The molecule has 4 amide bonds. The summed E-state index contributed by atoms with van der Waals surface area (Å²) in [5.74, 6) is -1.57. The molecule has 4 aliphatic heterocycles. The molecule has 9 rings (SSSR count). The molecule has 0 spiro atoms. The van der Waals surface area contributed by atoms with Crippen molar-refractivity contribution in [3.05, 3.63) is 130 Å². The molecule has 0 saturated carbocycles. The number of carbonyl (C=O) groups is 6. The van der Waals surface area contributed by atoms with E-state index in [0.29, 0.717) is 70.3 Å². The molecule has 87 heavy (non-hydrogen) atoms. The van der Waals surface area contributed by atoms with Gasteiger partial charge in [-0.3, -0.25) is 33.3 Å². The molecular weight excluding hydrogens is 1160 g/mol. The number of ether oxygens (including phenoxy) is 3. The summed E-state index contributed by atoms with van der Waals surface area (Å²) in [4.78, 5) is 88.6. The number of hydrogen-bond donors (Lipinski definition) is 4. The fourth-order valence-electron chi connectivity index (χ4n) is 12.1. The van der Waals surface area contributed by atoms with Crippen LogP contribution in [0.2, 0.25) is 0 Å². The molecule has 4 N–H and O–H groups in total. The number of ketones is 2. The van der Waals surface area contributed by atoms with Crippen molar-refractivity contribution in [3.63, 3.8) is 0 Å². The SMILES string of the molecule is CCC(=O)C(CC(C)SSC(C)(C)CCC(=O)N[C@H](C(=O)C[C@@H](C)C(=O)Nc1cc(COc2cc3c(cc2C)C(=O)N2c4ccccc4C[C@H]2CN3C)cc(COc2cc3c(cc2OC)C(=O)N2c4ccccc4C[C@H]2C(C)N3)c1)C(C)C)S(=O)(=O)O. The number of benzene rings is 5. The van der Waals surface area contributed by atoms with Gasteiger partial charge in [0.2, 0.25) is 11.8 Å². The van der Waals surface area contributed by atoms with E-state index in [0.717, 1.165) is 40.2 Å². The third kappa shape index (κ3) is 14.6. The highest BCUT2D eigenvalue weighted by Crippen LogP contribution is 2.45. The zero-order valence-corrected chi connectivity index (χ0v) is 53.8. The van der Waals surface area contributed by atoms with E-state index in [-0.39, 0.29) is 91.7 Å². The number of likely N-dealkylation sites (N-methyl/N-ethyl adjacent to an activating group) is 1. The Morgan fingerprint density at radius 3 is 2.08 bits per heavy atom. The normalized spacial score (nSPS) is 18.3. The lowest BCUT2D eigenvalue weighted by atomic mass is 9.92. The number of anilines is 5. The molecule has 0 saturated heterocycles. The number of aryl methyl sites for hydroxylation is 1. The summed E-state index contributed by atoms with van der Waals surface area (Å²) < 4.78 is 52.1. The Kier molecular flexibility index (Phi) is 19.8. The predicted octanol–water partition coefficient (Wildman–Crippen LogP) is 11.2. The van der Waals surface area contributed by atoms with Gasteiger partial charge in [-0.1, -0.05) is 92.6 Å². The lowest BCUT2D eigenvalue weighted by molar-refractivity contribution is -0.131. The highest BCUT2D eigenvalue weighted by molar-refractivity contribution is 8.77. The maximum absolute atomic E-state index is 14.4. The number of fused-ring (bicyclic) bond motifs is 8. The summed E-state index contributed by atoms with van der Waals surface area (Å²) in [7, 11) is 1.80. The lowest BCUT2D eigenvalue weighted by Crippen LogP contribution is -2.45. The van der Waals surface area contributed by atoms with Gasteiger partial charge in [0.1, 0.15) is 24.2 Å². The first kappa shape index (κ1) is 64.4. The Morgan fingerprint density at radius 1 is 0.805 bits per heavy atom. The smallest absolute Gasteiger partial charge is 0.275 e. The van der Waals surface area contributed by atoms with Gasteiger partial charge in [-0.25, -0.2) is 0 Å². The van der Waals surface area contributed by atoms with Crippen molar-refractivity contribution in [1.82, 2.24) is 5.32 Å². The van der Waals surface area contributed by atoms with Crippen LogP contribution >= 0.6 is 21.6 Å². The quantitative estimate of drug-likeness (QED) is 0.0314. The maximum Gasteiger partial charge on any atom is 0.275 e. The minimum Gasteiger partial charge on any atom is -0.493 e. The molecule has 4 heterocycles. The van der Waals surface area contributed by atoms with Gasteiger partial charge in [-0.2, -0.15) is 8.42 Å². The van der Waals surface area contributed by atoms with E-state index in [4.69, 9.17) is 14.2 Å². The van der Waals surface area contributed by atoms with Crippen LogP contribution in [0.4, 0.5) is 28.4 Å². The van der Waals surface area contributed by atoms with E-state index in [2.05, 4.69) is 39.9 Å². The monoisotopic (exact) mass is 1240 g/mol.